The molecule has 2 aromatic rings. The van der Waals surface area contributed by atoms with Crippen LogP contribution >= 0.6 is 23.2 Å². The van der Waals surface area contributed by atoms with Gasteiger partial charge in [-0.2, -0.15) is 4.98 Å². The zero-order chi connectivity index (χ0) is 14.7. The Morgan fingerprint density at radius 3 is 2.70 bits per heavy atom. The van der Waals surface area contributed by atoms with Crippen LogP contribution in [0.3, 0.4) is 0 Å². The van der Waals surface area contributed by atoms with Gasteiger partial charge in [0.2, 0.25) is 5.89 Å². The summed E-state index contributed by atoms with van der Waals surface area (Å²) in [4.78, 5) is 6.41. The molecule has 6 heteroatoms. The van der Waals surface area contributed by atoms with Crippen LogP contribution in [0.15, 0.2) is 22.7 Å². The van der Waals surface area contributed by atoms with Crippen LogP contribution < -0.4 is 0 Å². The summed E-state index contributed by atoms with van der Waals surface area (Å²) in [7, 11) is 1.99. The van der Waals surface area contributed by atoms with E-state index in [9.17, 15) is 0 Å². The van der Waals surface area contributed by atoms with E-state index in [1.165, 1.54) is 0 Å². The number of rotatable bonds is 5. The van der Waals surface area contributed by atoms with Gasteiger partial charge in [0.25, 0.3) is 0 Å². The predicted octanol–water partition coefficient (Wildman–Crippen LogP) is 4.13. The van der Waals surface area contributed by atoms with E-state index in [1.807, 2.05) is 26.1 Å². The van der Waals surface area contributed by atoms with Crippen molar-refractivity contribution in [1.82, 2.24) is 15.0 Å². The summed E-state index contributed by atoms with van der Waals surface area (Å²) in [5, 5.41) is 5.19. The molecule has 0 bridgehead atoms. The summed E-state index contributed by atoms with van der Waals surface area (Å²) in [6, 6.07) is 5.66. The minimum Gasteiger partial charge on any atom is -0.338 e. The molecule has 0 aliphatic carbocycles. The van der Waals surface area contributed by atoms with Crippen molar-refractivity contribution in [1.29, 1.82) is 0 Å². The van der Waals surface area contributed by atoms with Gasteiger partial charge in [-0.15, -0.1) is 0 Å². The van der Waals surface area contributed by atoms with Crippen molar-refractivity contribution < 1.29 is 4.52 Å². The summed E-state index contributed by atoms with van der Waals surface area (Å²) in [5.74, 6) is 1.34. The Labute approximate surface area is 128 Å². The molecular formula is C14H17Cl2N3O. The first kappa shape index (κ1) is 15.3. The molecule has 1 atom stereocenters. The standard InChI is InChI=1S/C14H17Cl2N3O/c1-4-13-17-14(20-18-13)8-19(3)9(2)11-6-5-10(15)7-12(11)16/h5-7,9H,4,8H2,1-3H3. The van der Waals surface area contributed by atoms with Gasteiger partial charge in [0, 0.05) is 22.5 Å². The molecule has 1 unspecified atom stereocenters. The molecule has 0 spiro atoms. The quantitative estimate of drug-likeness (QED) is 0.832. The molecular weight excluding hydrogens is 297 g/mol. The molecule has 0 amide bonds. The van der Waals surface area contributed by atoms with E-state index in [1.54, 1.807) is 6.07 Å². The Balaban J connectivity index is 2.09. The van der Waals surface area contributed by atoms with Crippen LogP contribution in [0.4, 0.5) is 0 Å². The van der Waals surface area contributed by atoms with E-state index < -0.39 is 0 Å². The van der Waals surface area contributed by atoms with E-state index in [0.29, 0.717) is 22.5 Å². The van der Waals surface area contributed by atoms with Crippen LogP contribution in [0.25, 0.3) is 0 Å². The van der Waals surface area contributed by atoms with E-state index in [2.05, 4.69) is 22.0 Å². The third-order valence-corrected chi connectivity index (χ3v) is 3.85. The first-order chi connectivity index (χ1) is 9.51. The minimum atomic E-state index is 0.122. The fourth-order valence-corrected chi connectivity index (χ4v) is 2.49. The lowest BCUT2D eigenvalue weighted by atomic mass is 10.1. The number of aryl methyl sites for hydroxylation is 1. The van der Waals surface area contributed by atoms with E-state index in [0.717, 1.165) is 17.8 Å². The lowest BCUT2D eigenvalue weighted by Gasteiger charge is -2.24. The second kappa shape index (κ2) is 6.57. The molecule has 0 N–H and O–H groups in total. The van der Waals surface area contributed by atoms with Crippen molar-refractivity contribution in [2.24, 2.45) is 0 Å². The zero-order valence-corrected chi connectivity index (χ0v) is 13.2. The van der Waals surface area contributed by atoms with Gasteiger partial charge in [-0.3, -0.25) is 4.90 Å². The topological polar surface area (TPSA) is 42.2 Å². The second-order valence-electron chi connectivity index (χ2n) is 4.71. The van der Waals surface area contributed by atoms with Crippen LogP contribution in [-0.2, 0) is 13.0 Å². The number of benzene rings is 1. The van der Waals surface area contributed by atoms with Gasteiger partial charge in [-0.05, 0) is 31.7 Å². The maximum atomic E-state index is 6.24. The first-order valence-corrected chi connectivity index (χ1v) is 7.23. The van der Waals surface area contributed by atoms with E-state index in [4.69, 9.17) is 27.7 Å². The first-order valence-electron chi connectivity index (χ1n) is 6.48. The van der Waals surface area contributed by atoms with Crippen molar-refractivity contribution in [2.75, 3.05) is 7.05 Å². The molecule has 0 aliphatic rings. The van der Waals surface area contributed by atoms with Crippen LogP contribution in [-0.4, -0.2) is 22.1 Å². The molecule has 108 valence electrons. The predicted molar refractivity (Wildman–Crippen MR) is 80.0 cm³/mol. The Hall–Kier alpha value is -1.10. The zero-order valence-electron chi connectivity index (χ0n) is 11.7. The second-order valence-corrected chi connectivity index (χ2v) is 5.56. The number of aromatic nitrogens is 2. The SMILES string of the molecule is CCc1noc(CN(C)C(C)c2ccc(Cl)cc2Cl)n1. The highest BCUT2D eigenvalue weighted by atomic mass is 35.5. The molecule has 20 heavy (non-hydrogen) atoms. The fraction of sp³-hybridized carbons (Fsp3) is 0.429. The largest absolute Gasteiger partial charge is 0.338 e. The molecule has 0 fully saturated rings. The summed E-state index contributed by atoms with van der Waals surface area (Å²) < 4.78 is 5.20. The smallest absolute Gasteiger partial charge is 0.240 e. The van der Waals surface area contributed by atoms with Crippen LogP contribution in [0.1, 0.15) is 37.2 Å². The Morgan fingerprint density at radius 2 is 2.10 bits per heavy atom. The third-order valence-electron chi connectivity index (χ3n) is 3.28. The van der Waals surface area contributed by atoms with Gasteiger partial charge in [0.05, 0.1) is 6.54 Å². The van der Waals surface area contributed by atoms with E-state index in [-0.39, 0.29) is 6.04 Å². The van der Waals surface area contributed by atoms with Crippen molar-refractivity contribution in [2.45, 2.75) is 32.9 Å². The Morgan fingerprint density at radius 1 is 1.35 bits per heavy atom. The number of hydrogen-bond donors (Lipinski definition) is 0. The highest BCUT2D eigenvalue weighted by molar-refractivity contribution is 6.35. The molecule has 1 heterocycles. The van der Waals surface area contributed by atoms with Gasteiger partial charge in [-0.1, -0.05) is 41.3 Å². The minimum absolute atomic E-state index is 0.122. The lowest BCUT2D eigenvalue weighted by molar-refractivity contribution is 0.216. The van der Waals surface area contributed by atoms with Crippen molar-refractivity contribution >= 4 is 23.2 Å². The maximum absolute atomic E-state index is 6.24. The van der Waals surface area contributed by atoms with Gasteiger partial charge in [-0.25, -0.2) is 0 Å². The molecule has 4 nitrogen and oxygen atoms in total. The van der Waals surface area contributed by atoms with E-state index >= 15 is 0 Å². The number of nitrogens with zero attached hydrogens (tertiary/aromatic N) is 3. The maximum Gasteiger partial charge on any atom is 0.240 e. The number of hydrogen-bond acceptors (Lipinski definition) is 4. The van der Waals surface area contributed by atoms with Gasteiger partial charge in [0.15, 0.2) is 5.82 Å². The molecule has 0 saturated carbocycles. The molecule has 0 aliphatic heterocycles. The van der Waals surface area contributed by atoms with Crippen LogP contribution in [0.2, 0.25) is 10.0 Å². The molecule has 2 rings (SSSR count). The van der Waals surface area contributed by atoms with Gasteiger partial charge in [0.1, 0.15) is 0 Å². The summed E-state index contributed by atoms with van der Waals surface area (Å²) in [5.41, 5.74) is 1.02. The van der Waals surface area contributed by atoms with Crippen molar-refractivity contribution in [3.8, 4) is 0 Å². The Kier molecular flexibility index (Phi) is 5.02. The normalized spacial score (nSPS) is 12.9. The van der Waals surface area contributed by atoms with Gasteiger partial charge >= 0.3 is 0 Å². The average Bonchev–Trinajstić information content (AvgIpc) is 2.85. The summed E-state index contributed by atoms with van der Waals surface area (Å²) in [6.07, 6.45) is 0.770. The van der Waals surface area contributed by atoms with Crippen LogP contribution in [0.5, 0.6) is 0 Å². The van der Waals surface area contributed by atoms with Crippen molar-refractivity contribution in [3.05, 3.63) is 45.5 Å². The highest BCUT2D eigenvalue weighted by Crippen LogP contribution is 2.29. The lowest BCUT2D eigenvalue weighted by Crippen LogP contribution is -2.22. The van der Waals surface area contributed by atoms with Crippen LogP contribution in [0, 0.1) is 0 Å². The molecule has 0 saturated heterocycles. The highest BCUT2D eigenvalue weighted by Gasteiger charge is 2.17. The summed E-state index contributed by atoms with van der Waals surface area (Å²) in [6.45, 7) is 4.65. The van der Waals surface area contributed by atoms with Gasteiger partial charge < -0.3 is 4.52 Å². The monoisotopic (exact) mass is 313 g/mol. The molecule has 1 aromatic heterocycles. The Bertz CT molecular complexity index is 586. The van der Waals surface area contributed by atoms with Crippen molar-refractivity contribution in [3.63, 3.8) is 0 Å². The number of halogens is 2. The molecule has 1 aromatic carbocycles. The summed E-state index contributed by atoms with van der Waals surface area (Å²) >= 11 is 12.2. The average molecular weight is 314 g/mol. The third kappa shape index (κ3) is 3.51. The molecule has 0 radical (unpaired) electrons. The fourth-order valence-electron chi connectivity index (χ4n) is 1.93.